The summed E-state index contributed by atoms with van der Waals surface area (Å²) < 4.78 is 5.15. The number of aromatic nitrogens is 3. The van der Waals surface area contributed by atoms with Gasteiger partial charge in [-0.15, -0.1) is 11.3 Å². The van der Waals surface area contributed by atoms with Crippen LogP contribution in [0, 0.1) is 0 Å². The predicted molar refractivity (Wildman–Crippen MR) is 72.3 cm³/mol. The fourth-order valence-corrected chi connectivity index (χ4v) is 1.95. The Morgan fingerprint density at radius 2 is 2.16 bits per heavy atom. The van der Waals surface area contributed by atoms with E-state index >= 15 is 0 Å². The maximum absolute atomic E-state index is 11.6. The van der Waals surface area contributed by atoms with Gasteiger partial charge in [-0.3, -0.25) is 4.79 Å². The first-order valence-electron chi connectivity index (χ1n) is 5.91. The minimum absolute atomic E-state index is 0.0659. The molecule has 2 heterocycles. The van der Waals surface area contributed by atoms with Crippen molar-refractivity contribution in [2.75, 3.05) is 11.9 Å². The average Bonchev–Trinajstić information content (AvgIpc) is 2.91. The zero-order valence-corrected chi connectivity index (χ0v) is 11.3. The predicted octanol–water partition coefficient (Wildman–Crippen LogP) is 1.90. The topological polar surface area (TPSA) is 77.0 Å². The number of anilines is 1. The number of aryl methyl sites for hydroxylation is 1. The number of thiazole rings is 1. The van der Waals surface area contributed by atoms with Gasteiger partial charge in [-0.1, -0.05) is 0 Å². The molecule has 7 heteroatoms. The summed E-state index contributed by atoms with van der Waals surface area (Å²) >= 11 is 1.40. The SMILES string of the molecule is CCOc1ncc(CCC(=O)Nc2nccs2)cn1. The summed E-state index contributed by atoms with van der Waals surface area (Å²) in [6, 6.07) is 0.360. The number of amides is 1. The Morgan fingerprint density at radius 1 is 1.37 bits per heavy atom. The quantitative estimate of drug-likeness (QED) is 0.873. The molecule has 100 valence electrons. The first-order chi connectivity index (χ1) is 9.28. The van der Waals surface area contributed by atoms with E-state index in [0.717, 1.165) is 5.56 Å². The minimum atomic E-state index is -0.0659. The molecule has 2 aromatic rings. The van der Waals surface area contributed by atoms with Crippen molar-refractivity contribution < 1.29 is 9.53 Å². The van der Waals surface area contributed by atoms with Crippen molar-refractivity contribution in [3.8, 4) is 6.01 Å². The van der Waals surface area contributed by atoms with Crippen molar-refractivity contribution in [2.24, 2.45) is 0 Å². The molecule has 0 atom stereocenters. The maximum Gasteiger partial charge on any atom is 0.316 e. The highest BCUT2D eigenvalue weighted by atomic mass is 32.1. The molecular weight excluding hydrogens is 264 g/mol. The number of ether oxygens (including phenoxy) is 1. The molecule has 0 fully saturated rings. The molecule has 0 spiro atoms. The summed E-state index contributed by atoms with van der Waals surface area (Å²) in [6.07, 6.45) is 5.96. The number of carbonyl (C=O) groups excluding carboxylic acids is 1. The third-order valence-electron chi connectivity index (χ3n) is 2.27. The van der Waals surface area contributed by atoms with Crippen LogP contribution in [0.3, 0.4) is 0 Å². The average molecular weight is 278 g/mol. The highest BCUT2D eigenvalue weighted by molar-refractivity contribution is 7.13. The van der Waals surface area contributed by atoms with Gasteiger partial charge in [0.1, 0.15) is 0 Å². The number of rotatable bonds is 6. The lowest BCUT2D eigenvalue weighted by Gasteiger charge is -2.03. The van der Waals surface area contributed by atoms with E-state index in [1.165, 1.54) is 11.3 Å². The van der Waals surface area contributed by atoms with E-state index in [0.29, 0.717) is 30.6 Å². The van der Waals surface area contributed by atoms with E-state index in [2.05, 4.69) is 20.3 Å². The third kappa shape index (κ3) is 4.29. The number of carbonyl (C=O) groups is 1. The number of hydrogen-bond acceptors (Lipinski definition) is 6. The normalized spacial score (nSPS) is 10.2. The molecule has 6 nitrogen and oxygen atoms in total. The van der Waals surface area contributed by atoms with Crippen molar-refractivity contribution in [1.29, 1.82) is 0 Å². The second kappa shape index (κ2) is 6.79. The van der Waals surface area contributed by atoms with Crippen LogP contribution in [0.15, 0.2) is 24.0 Å². The molecule has 0 saturated carbocycles. The summed E-state index contributed by atoms with van der Waals surface area (Å²) in [5.41, 5.74) is 0.901. The summed E-state index contributed by atoms with van der Waals surface area (Å²) in [6.45, 7) is 2.41. The lowest BCUT2D eigenvalue weighted by atomic mass is 10.2. The Bertz CT molecular complexity index is 513. The van der Waals surface area contributed by atoms with Crippen molar-refractivity contribution in [2.45, 2.75) is 19.8 Å². The number of hydrogen-bond donors (Lipinski definition) is 1. The standard InChI is InChI=1S/C12H14N4O2S/c1-2-18-11-14-7-9(8-15-11)3-4-10(17)16-12-13-5-6-19-12/h5-8H,2-4H2,1H3,(H,13,16,17). The smallest absolute Gasteiger partial charge is 0.316 e. The Morgan fingerprint density at radius 3 is 2.79 bits per heavy atom. The molecule has 0 aliphatic heterocycles. The molecular formula is C12H14N4O2S. The van der Waals surface area contributed by atoms with Gasteiger partial charge in [0.2, 0.25) is 5.91 Å². The second-order valence-electron chi connectivity index (χ2n) is 3.69. The lowest BCUT2D eigenvalue weighted by Crippen LogP contribution is -2.12. The van der Waals surface area contributed by atoms with E-state index < -0.39 is 0 Å². The van der Waals surface area contributed by atoms with Crippen molar-refractivity contribution in [3.63, 3.8) is 0 Å². The molecule has 0 aliphatic carbocycles. The van der Waals surface area contributed by atoms with Crippen LogP contribution in [0.1, 0.15) is 18.9 Å². The van der Waals surface area contributed by atoms with E-state index in [1.807, 2.05) is 12.3 Å². The van der Waals surface area contributed by atoms with Gasteiger partial charge in [0, 0.05) is 30.4 Å². The van der Waals surface area contributed by atoms with Gasteiger partial charge >= 0.3 is 6.01 Å². The second-order valence-corrected chi connectivity index (χ2v) is 4.59. The van der Waals surface area contributed by atoms with E-state index in [-0.39, 0.29) is 5.91 Å². The van der Waals surface area contributed by atoms with Gasteiger partial charge < -0.3 is 10.1 Å². The molecule has 1 amide bonds. The molecule has 0 bridgehead atoms. The van der Waals surface area contributed by atoms with E-state index in [9.17, 15) is 4.79 Å². The zero-order chi connectivity index (χ0) is 13.5. The molecule has 0 aromatic carbocycles. The molecule has 0 radical (unpaired) electrons. The molecule has 1 N–H and O–H groups in total. The Labute approximate surface area is 114 Å². The molecule has 0 unspecified atom stereocenters. The molecule has 2 aromatic heterocycles. The van der Waals surface area contributed by atoms with Gasteiger partial charge in [-0.25, -0.2) is 15.0 Å². The van der Waals surface area contributed by atoms with Crippen LogP contribution in [0.2, 0.25) is 0 Å². The van der Waals surface area contributed by atoms with E-state index in [1.54, 1.807) is 18.6 Å². The van der Waals surface area contributed by atoms with Gasteiger partial charge in [0.25, 0.3) is 0 Å². The van der Waals surface area contributed by atoms with Crippen molar-refractivity contribution in [1.82, 2.24) is 15.0 Å². The molecule has 0 aliphatic rings. The minimum Gasteiger partial charge on any atom is -0.464 e. The van der Waals surface area contributed by atoms with Crippen LogP contribution in [0.25, 0.3) is 0 Å². The van der Waals surface area contributed by atoms with Crippen LogP contribution in [-0.4, -0.2) is 27.5 Å². The Balaban J connectivity index is 1.79. The Hall–Kier alpha value is -2.02. The summed E-state index contributed by atoms with van der Waals surface area (Å²) in [4.78, 5) is 23.7. The van der Waals surface area contributed by atoms with E-state index in [4.69, 9.17) is 4.74 Å². The summed E-state index contributed by atoms with van der Waals surface area (Å²) in [5.74, 6) is -0.0659. The van der Waals surface area contributed by atoms with Gasteiger partial charge in [-0.2, -0.15) is 0 Å². The van der Waals surface area contributed by atoms with Crippen LogP contribution >= 0.6 is 11.3 Å². The highest BCUT2D eigenvalue weighted by Crippen LogP contribution is 2.11. The first kappa shape index (κ1) is 13.4. The number of nitrogens with zero attached hydrogens (tertiary/aromatic N) is 3. The zero-order valence-electron chi connectivity index (χ0n) is 10.5. The van der Waals surface area contributed by atoms with Crippen molar-refractivity contribution in [3.05, 3.63) is 29.5 Å². The molecule has 19 heavy (non-hydrogen) atoms. The third-order valence-corrected chi connectivity index (χ3v) is 2.96. The lowest BCUT2D eigenvalue weighted by molar-refractivity contribution is -0.116. The van der Waals surface area contributed by atoms with Gasteiger partial charge in [-0.05, 0) is 18.9 Å². The molecule has 0 saturated heterocycles. The fraction of sp³-hybridized carbons (Fsp3) is 0.333. The summed E-state index contributed by atoms with van der Waals surface area (Å²) in [5, 5.41) is 5.16. The van der Waals surface area contributed by atoms with Crippen LogP contribution in [-0.2, 0) is 11.2 Å². The van der Waals surface area contributed by atoms with Gasteiger partial charge in [0.05, 0.1) is 6.61 Å². The van der Waals surface area contributed by atoms with Crippen LogP contribution in [0.4, 0.5) is 5.13 Å². The number of nitrogens with one attached hydrogen (secondary N) is 1. The first-order valence-corrected chi connectivity index (χ1v) is 6.79. The maximum atomic E-state index is 11.6. The highest BCUT2D eigenvalue weighted by Gasteiger charge is 2.05. The summed E-state index contributed by atoms with van der Waals surface area (Å²) in [7, 11) is 0. The van der Waals surface area contributed by atoms with Gasteiger partial charge in [0.15, 0.2) is 5.13 Å². The monoisotopic (exact) mass is 278 g/mol. The Kier molecular flexibility index (Phi) is 4.79. The fourth-order valence-electron chi connectivity index (χ4n) is 1.40. The van der Waals surface area contributed by atoms with Crippen LogP contribution in [0.5, 0.6) is 6.01 Å². The van der Waals surface area contributed by atoms with Crippen LogP contribution < -0.4 is 10.1 Å². The van der Waals surface area contributed by atoms with Crippen molar-refractivity contribution >= 4 is 22.4 Å². The largest absolute Gasteiger partial charge is 0.464 e. The molecule has 2 rings (SSSR count).